The van der Waals surface area contributed by atoms with Crippen molar-refractivity contribution in [2.45, 2.75) is 0 Å². The molecule has 19 heavy (non-hydrogen) atoms. The number of urea groups is 1. The molecule has 0 saturated carbocycles. The molecule has 1 aromatic rings. The highest BCUT2D eigenvalue weighted by Crippen LogP contribution is 2.17. The number of likely N-dealkylation sites (N-methyl/N-ethyl adjacent to an activating group) is 2. The molecule has 4 amide bonds. The fourth-order valence-electron chi connectivity index (χ4n) is 1.70. The van der Waals surface area contributed by atoms with E-state index in [1.165, 1.54) is 44.4 Å². The number of carbonyl (C=O) groups excluding carboxylic acids is 3. The maximum absolute atomic E-state index is 12.8. The molecule has 0 bridgehead atoms. The molecular weight excluding hydrogens is 251 g/mol. The van der Waals surface area contributed by atoms with Gasteiger partial charge in [0, 0.05) is 14.1 Å². The first-order valence-corrected chi connectivity index (χ1v) is 5.49. The van der Waals surface area contributed by atoms with Crippen LogP contribution in [-0.4, -0.2) is 41.7 Å². The molecule has 2 rings (SSSR count). The summed E-state index contributed by atoms with van der Waals surface area (Å²) in [6.07, 6.45) is 1.34. The topological polar surface area (TPSA) is 57.7 Å². The average molecular weight is 262 g/mol. The fourth-order valence-corrected chi connectivity index (χ4v) is 1.70. The smallest absolute Gasteiger partial charge is 0.268 e. The van der Waals surface area contributed by atoms with Gasteiger partial charge in [0.1, 0.15) is 11.4 Å². The van der Waals surface area contributed by atoms with Crippen molar-refractivity contribution in [2.24, 2.45) is 0 Å². The molecule has 0 aliphatic carbocycles. The van der Waals surface area contributed by atoms with Gasteiger partial charge < -0.3 is 0 Å². The van der Waals surface area contributed by atoms with Crippen molar-refractivity contribution in [3.8, 4) is 0 Å². The quantitative estimate of drug-likeness (QED) is 0.565. The summed E-state index contributed by atoms with van der Waals surface area (Å²) in [4.78, 5) is 37.0. The van der Waals surface area contributed by atoms with Crippen LogP contribution >= 0.6 is 0 Å². The third-order valence-corrected chi connectivity index (χ3v) is 2.82. The lowest BCUT2D eigenvalue weighted by Crippen LogP contribution is -2.52. The normalized spacial score (nSPS) is 16.2. The summed E-state index contributed by atoms with van der Waals surface area (Å²) in [6, 6.07) is 4.66. The lowest BCUT2D eigenvalue weighted by Gasteiger charge is -2.28. The standard InChI is InChI=1S/C13H11FN2O3/c1-15-11(17)10(12(18)16(2)13(15)19)7-8-3-5-9(14)6-4-8/h3-7H,1-2H3. The Morgan fingerprint density at radius 2 is 1.42 bits per heavy atom. The number of imide groups is 2. The zero-order chi connectivity index (χ0) is 14.2. The van der Waals surface area contributed by atoms with E-state index < -0.39 is 23.7 Å². The molecular formula is C13H11FN2O3. The van der Waals surface area contributed by atoms with Gasteiger partial charge in [-0.2, -0.15) is 0 Å². The summed E-state index contributed by atoms with van der Waals surface area (Å²) in [7, 11) is 2.60. The summed E-state index contributed by atoms with van der Waals surface area (Å²) in [5.41, 5.74) is 0.380. The molecule has 1 heterocycles. The highest BCUT2D eigenvalue weighted by atomic mass is 19.1. The lowest BCUT2D eigenvalue weighted by molar-refractivity contribution is -0.134. The van der Waals surface area contributed by atoms with E-state index in [1.807, 2.05) is 0 Å². The van der Waals surface area contributed by atoms with Crippen LogP contribution in [0.3, 0.4) is 0 Å². The predicted octanol–water partition coefficient (Wildman–Crippen LogP) is 1.26. The van der Waals surface area contributed by atoms with Crippen LogP contribution in [0, 0.1) is 5.82 Å². The Balaban J connectivity index is 2.42. The van der Waals surface area contributed by atoms with Crippen molar-refractivity contribution in [3.05, 3.63) is 41.2 Å². The van der Waals surface area contributed by atoms with Crippen molar-refractivity contribution in [2.75, 3.05) is 14.1 Å². The first-order chi connectivity index (χ1) is 8.91. The number of nitrogens with zero attached hydrogens (tertiary/aromatic N) is 2. The Morgan fingerprint density at radius 1 is 0.947 bits per heavy atom. The van der Waals surface area contributed by atoms with Crippen LogP contribution < -0.4 is 0 Å². The van der Waals surface area contributed by atoms with E-state index >= 15 is 0 Å². The van der Waals surface area contributed by atoms with Gasteiger partial charge in [0.05, 0.1) is 0 Å². The summed E-state index contributed by atoms with van der Waals surface area (Å²) in [6.45, 7) is 0. The molecule has 1 fully saturated rings. The second kappa shape index (κ2) is 4.64. The average Bonchev–Trinajstić information content (AvgIpc) is 2.41. The van der Waals surface area contributed by atoms with Crippen LogP contribution in [0.1, 0.15) is 5.56 Å². The van der Waals surface area contributed by atoms with E-state index in [0.29, 0.717) is 5.56 Å². The Hall–Kier alpha value is -2.50. The first kappa shape index (κ1) is 12.9. The minimum absolute atomic E-state index is 0.129. The number of rotatable bonds is 1. The molecule has 6 heteroatoms. The molecule has 98 valence electrons. The van der Waals surface area contributed by atoms with Crippen LogP contribution in [0.2, 0.25) is 0 Å². The first-order valence-electron chi connectivity index (χ1n) is 5.49. The van der Waals surface area contributed by atoms with Gasteiger partial charge in [0.15, 0.2) is 0 Å². The minimum atomic E-state index is -0.675. The zero-order valence-electron chi connectivity index (χ0n) is 10.4. The SMILES string of the molecule is CN1C(=O)C(=Cc2ccc(F)cc2)C(=O)N(C)C1=O. The highest BCUT2D eigenvalue weighted by molar-refractivity contribution is 6.30. The lowest BCUT2D eigenvalue weighted by atomic mass is 10.1. The zero-order valence-corrected chi connectivity index (χ0v) is 10.4. The predicted molar refractivity (Wildman–Crippen MR) is 65.3 cm³/mol. The molecule has 0 N–H and O–H groups in total. The molecule has 1 aromatic carbocycles. The summed E-state index contributed by atoms with van der Waals surface area (Å²) in [5.74, 6) is -1.75. The van der Waals surface area contributed by atoms with Gasteiger partial charge >= 0.3 is 6.03 Å². The Bertz CT molecular complexity index is 566. The number of hydrogen-bond acceptors (Lipinski definition) is 3. The van der Waals surface area contributed by atoms with Crippen molar-refractivity contribution in [1.29, 1.82) is 0 Å². The van der Waals surface area contributed by atoms with E-state index in [1.54, 1.807) is 0 Å². The molecule has 5 nitrogen and oxygen atoms in total. The Labute approximate surface area is 108 Å². The second-order valence-corrected chi connectivity index (χ2v) is 4.12. The molecule has 1 aliphatic heterocycles. The summed E-state index contributed by atoms with van der Waals surface area (Å²) >= 11 is 0. The number of hydrogen-bond donors (Lipinski definition) is 0. The fraction of sp³-hybridized carbons (Fsp3) is 0.154. The Kier molecular flexibility index (Phi) is 3.16. The number of benzene rings is 1. The maximum atomic E-state index is 12.8. The van der Waals surface area contributed by atoms with Gasteiger partial charge in [-0.15, -0.1) is 0 Å². The molecule has 0 aromatic heterocycles. The van der Waals surface area contributed by atoms with Gasteiger partial charge in [0.2, 0.25) is 0 Å². The minimum Gasteiger partial charge on any atom is -0.268 e. The number of carbonyl (C=O) groups is 3. The second-order valence-electron chi connectivity index (χ2n) is 4.12. The van der Waals surface area contributed by atoms with E-state index in [4.69, 9.17) is 0 Å². The number of halogens is 1. The largest absolute Gasteiger partial charge is 0.333 e. The van der Waals surface area contributed by atoms with Gasteiger partial charge in [-0.25, -0.2) is 9.18 Å². The van der Waals surface area contributed by atoms with Crippen molar-refractivity contribution in [1.82, 2.24) is 9.80 Å². The molecule has 0 atom stereocenters. The van der Waals surface area contributed by atoms with E-state index in [-0.39, 0.29) is 5.57 Å². The van der Waals surface area contributed by atoms with Crippen molar-refractivity contribution >= 4 is 23.9 Å². The van der Waals surface area contributed by atoms with E-state index in [0.717, 1.165) is 9.80 Å². The third-order valence-electron chi connectivity index (χ3n) is 2.82. The third kappa shape index (κ3) is 2.24. The maximum Gasteiger partial charge on any atom is 0.333 e. The summed E-state index contributed by atoms with van der Waals surface area (Å²) < 4.78 is 12.8. The Morgan fingerprint density at radius 3 is 1.89 bits per heavy atom. The molecule has 0 spiro atoms. The van der Waals surface area contributed by atoms with Crippen LogP contribution in [0.5, 0.6) is 0 Å². The number of amides is 4. The van der Waals surface area contributed by atoms with E-state index in [9.17, 15) is 18.8 Å². The molecule has 1 saturated heterocycles. The van der Waals surface area contributed by atoms with Crippen LogP contribution in [-0.2, 0) is 9.59 Å². The van der Waals surface area contributed by atoms with Crippen LogP contribution in [0.4, 0.5) is 9.18 Å². The molecule has 0 unspecified atom stereocenters. The number of barbiturate groups is 1. The summed E-state index contributed by atoms with van der Waals surface area (Å²) in [5, 5.41) is 0. The van der Waals surface area contributed by atoms with Crippen molar-refractivity contribution < 1.29 is 18.8 Å². The highest BCUT2D eigenvalue weighted by Gasteiger charge is 2.37. The molecule has 1 aliphatic rings. The van der Waals surface area contributed by atoms with E-state index in [2.05, 4.69) is 0 Å². The van der Waals surface area contributed by atoms with Crippen LogP contribution in [0.25, 0.3) is 6.08 Å². The van der Waals surface area contributed by atoms with Crippen molar-refractivity contribution in [3.63, 3.8) is 0 Å². The van der Waals surface area contributed by atoms with Gasteiger partial charge in [-0.1, -0.05) is 12.1 Å². The van der Waals surface area contributed by atoms with Gasteiger partial charge in [-0.3, -0.25) is 19.4 Å². The van der Waals surface area contributed by atoms with Gasteiger partial charge in [0.25, 0.3) is 11.8 Å². The monoisotopic (exact) mass is 262 g/mol. The van der Waals surface area contributed by atoms with Gasteiger partial charge in [-0.05, 0) is 23.8 Å². The molecule has 0 radical (unpaired) electrons. The van der Waals surface area contributed by atoms with Crippen LogP contribution in [0.15, 0.2) is 29.8 Å².